The Balaban J connectivity index is 1.35. The van der Waals surface area contributed by atoms with Gasteiger partial charge in [0.1, 0.15) is 0 Å². The van der Waals surface area contributed by atoms with Crippen molar-refractivity contribution in [2.24, 2.45) is 5.92 Å². The zero-order valence-corrected chi connectivity index (χ0v) is 13.5. The molecule has 2 aliphatic rings. The van der Waals surface area contributed by atoms with Crippen LogP contribution in [0.3, 0.4) is 0 Å². The molecule has 1 saturated heterocycles. The van der Waals surface area contributed by atoms with E-state index in [1.807, 2.05) is 21.8 Å². The topological polar surface area (TPSA) is 88.0 Å². The van der Waals surface area contributed by atoms with Gasteiger partial charge in [0.15, 0.2) is 0 Å². The van der Waals surface area contributed by atoms with Crippen LogP contribution in [0.4, 0.5) is 10.5 Å². The van der Waals surface area contributed by atoms with E-state index in [0.717, 1.165) is 56.9 Å². The highest BCUT2D eigenvalue weighted by Crippen LogP contribution is 2.20. The van der Waals surface area contributed by atoms with Crippen LogP contribution in [-0.2, 0) is 19.5 Å². The van der Waals surface area contributed by atoms with Crippen LogP contribution in [0.25, 0.3) is 0 Å². The first-order valence-corrected chi connectivity index (χ1v) is 8.36. The Labute approximate surface area is 140 Å². The first-order valence-electron chi connectivity index (χ1n) is 8.36. The van der Waals surface area contributed by atoms with Crippen molar-refractivity contribution in [1.29, 1.82) is 0 Å². The lowest BCUT2D eigenvalue weighted by Crippen LogP contribution is -2.33. The number of likely N-dealkylation sites (tertiary alicyclic amines) is 1. The molecule has 0 spiro atoms. The van der Waals surface area contributed by atoms with Crippen LogP contribution in [0, 0.1) is 5.92 Å². The van der Waals surface area contributed by atoms with Gasteiger partial charge in [-0.05, 0) is 24.0 Å². The second-order valence-corrected chi connectivity index (χ2v) is 6.41. The van der Waals surface area contributed by atoms with Crippen molar-refractivity contribution >= 4 is 11.7 Å². The maximum absolute atomic E-state index is 12.5. The number of hydrogen-bond donors (Lipinski definition) is 2. The van der Waals surface area contributed by atoms with Crippen LogP contribution in [-0.4, -0.2) is 50.5 Å². The van der Waals surface area contributed by atoms with E-state index in [4.69, 9.17) is 0 Å². The zero-order valence-electron chi connectivity index (χ0n) is 13.5. The van der Waals surface area contributed by atoms with Gasteiger partial charge in [0, 0.05) is 51.0 Å². The molecule has 126 valence electrons. The van der Waals surface area contributed by atoms with E-state index in [1.54, 1.807) is 12.4 Å². The third-order valence-electron chi connectivity index (χ3n) is 4.66. The summed E-state index contributed by atoms with van der Waals surface area (Å²) < 4.78 is 1.83. The van der Waals surface area contributed by atoms with Crippen LogP contribution < -0.4 is 10.6 Å². The third-order valence-corrected chi connectivity index (χ3v) is 4.66. The van der Waals surface area contributed by atoms with E-state index >= 15 is 0 Å². The largest absolute Gasteiger partial charge is 0.324 e. The van der Waals surface area contributed by atoms with Gasteiger partial charge in [0.05, 0.1) is 18.1 Å². The molecule has 2 aliphatic heterocycles. The normalized spacial score (nSPS) is 20.0. The van der Waals surface area contributed by atoms with Crippen LogP contribution in [0.5, 0.6) is 0 Å². The van der Waals surface area contributed by atoms with Gasteiger partial charge in [-0.1, -0.05) is 5.21 Å². The van der Waals surface area contributed by atoms with Gasteiger partial charge in [0.25, 0.3) is 0 Å². The second-order valence-electron chi connectivity index (χ2n) is 6.41. The molecular weight excluding hydrogens is 306 g/mol. The van der Waals surface area contributed by atoms with Gasteiger partial charge in [-0.2, -0.15) is 0 Å². The Morgan fingerprint density at radius 3 is 3.29 bits per heavy atom. The zero-order chi connectivity index (χ0) is 16.4. The molecule has 1 fully saturated rings. The van der Waals surface area contributed by atoms with Gasteiger partial charge < -0.3 is 15.5 Å². The molecule has 4 rings (SSSR count). The molecule has 8 heteroatoms. The molecule has 0 bridgehead atoms. The first kappa shape index (κ1) is 15.1. The minimum absolute atomic E-state index is 0.0541. The van der Waals surface area contributed by atoms with Gasteiger partial charge >= 0.3 is 6.03 Å². The number of rotatable bonds is 3. The molecule has 0 radical (unpaired) electrons. The number of aromatic nitrogens is 4. The van der Waals surface area contributed by atoms with Crippen LogP contribution in [0.1, 0.15) is 17.7 Å². The van der Waals surface area contributed by atoms with Crippen molar-refractivity contribution < 1.29 is 4.79 Å². The lowest BCUT2D eigenvalue weighted by Gasteiger charge is -2.20. The van der Waals surface area contributed by atoms with Crippen molar-refractivity contribution in [3.8, 4) is 0 Å². The molecule has 24 heavy (non-hydrogen) atoms. The summed E-state index contributed by atoms with van der Waals surface area (Å²) in [7, 11) is 0. The lowest BCUT2D eigenvalue weighted by atomic mass is 10.1. The van der Waals surface area contributed by atoms with Crippen LogP contribution >= 0.6 is 0 Å². The van der Waals surface area contributed by atoms with E-state index in [-0.39, 0.29) is 6.03 Å². The van der Waals surface area contributed by atoms with E-state index < -0.39 is 0 Å². The Hall–Kier alpha value is -2.48. The minimum atomic E-state index is -0.0541. The SMILES string of the molecule is O=C(Nc1cnc2c(c1)CNCC2)N1CCC(Cn2ccnn2)C1. The number of nitrogens with zero attached hydrogens (tertiary/aromatic N) is 5. The summed E-state index contributed by atoms with van der Waals surface area (Å²) in [5.41, 5.74) is 3.06. The number of urea groups is 1. The summed E-state index contributed by atoms with van der Waals surface area (Å²) in [6, 6.07) is 1.97. The van der Waals surface area contributed by atoms with Crippen molar-refractivity contribution in [2.75, 3.05) is 25.0 Å². The predicted octanol–water partition coefficient (Wildman–Crippen LogP) is 0.873. The van der Waals surface area contributed by atoms with Crippen LogP contribution in [0.15, 0.2) is 24.7 Å². The summed E-state index contributed by atoms with van der Waals surface area (Å²) in [6.07, 6.45) is 7.22. The van der Waals surface area contributed by atoms with Crippen molar-refractivity contribution in [2.45, 2.75) is 25.9 Å². The Morgan fingerprint density at radius 2 is 2.42 bits per heavy atom. The molecule has 0 saturated carbocycles. The van der Waals surface area contributed by atoms with Gasteiger partial charge in [0.2, 0.25) is 0 Å². The number of fused-ring (bicyclic) bond motifs is 1. The van der Waals surface area contributed by atoms with Crippen LogP contribution in [0.2, 0.25) is 0 Å². The van der Waals surface area contributed by atoms with Gasteiger partial charge in [-0.3, -0.25) is 9.67 Å². The lowest BCUT2D eigenvalue weighted by molar-refractivity contribution is 0.220. The monoisotopic (exact) mass is 327 g/mol. The highest BCUT2D eigenvalue weighted by molar-refractivity contribution is 5.89. The van der Waals surface area contributed by atoms with E-state index in [0.29, 0.717) is 5.92 Å². The van der Waals surface area contributed by atoms with E-state index in [9.17, 15) is 4.79 Å². The fourth-order valence-corrected chi connectivity index (χ4v) is 3.38. The molecule has 1 unspecified atom stereocenters. The average molecular weight is 327 g/mol. The van der Waals surface area contributed by atoms with Crippen molar-refractivity contribution in [1.82, 2.24) is 30.2 Å². The number of carbonyl (C=O) groups is 1. The fraction of sp³-hybridized carbons (Fsp3) is 0.500. The maximum Gasteiger partial charge on any atom is 0.321 e. The van der Waals surface area contributed by atoms with Crippen molar-refractivity contribution in [3.63, 3.8) is 0 Å². The molecule has 0 aliphatic carbocycles. The van der Waals surface area contributed by atoms with Gasteiger partial charge in [-0.25, -0.2) is 4.79 Å². The highest BCUT2D eigenvalue weighted by atomic mass is 16.2. The molecule has 2 aromatic rings. The number of pyridine rings is 1. The van der Waals surface area contributed by atoms with E-state index in [1.165, 1.54) is 5.56 Å². The molecule has 1 atom stereocenters. The smallest absolute Gasteiger partial charge is 0.321 e. The predicted molar refractivity (Wildman–Crippen MR) is 88.4 cm³/mol. The summed E-state index contributed by atoms with van der Waals surface area (Å²) in [5.74, 6) is 0.420. The first-order chi connectivity index (χ1) is 11.8. The highest BCUT2D eigenvalue weighted by Gasteiger charge is 2.27. The Kier molecular flexibility index (Phi) is 4.12. The second kappa shape index (κ2) is 6.56. The number of amides is 2. The molecule has 0 aromatic carbocycles. The summed E-state index contributed by atoms with van der Waals surface area (Å²) in [6.45, 7) is 4.09. The molecular formula is C16H21N7O. The van der Waals surface area contributed by atoms with Crippen molar-refractivity contribution in [3.05, 3.63) is 35.9 Å². The molecule has 8 nitrogen and oxygen atoms in total. The Morgan fingerprint density at radius 1 is 1.46 bits per heavy atom. The summed E-state index contributed by atoms with van der Waals surface area (Å²) >= 11 is 0. The third kappa shape index (κ3) is 3.23. The average Bonchev–Trinajstić information content (AvgIpc) is 3.27. The van der Waals surface area contributed by atoms with Gasteiger partial charge in [-0.15, -0.1) is 5.10 Å². The molecule has 2 aromatic heterocycles. The molecule has 4 heterocycles. The number of hydrogen-bond acceptors (Lipinski definition) is 5. The molecule has 2 amide bonds. The minimum Gasteiger partial charge on any atom is -0.324 e. The Bertz CT molecular complexity index is 715. The number of carbonyl (C=O) groups excluding carboxylic acids is 1. The fourth-order valence-electron chi connectivity index (χ4n) is 3.38. The summed E-state index contributed by atoms with van der Waals surface area (Å²) in [4.78, 5) is 18.8. The number of anilines is 1. The number of nitrogens with one attached hydrogen (secondary N) is 2. The molecule has 2 N–H and O–H groups in total. The maximum atomic E-state index is 12.5. The standard InChI is InChI=1S/C16H21N7O/c24-16(20-14-7-13-8-17-3-1-15(13)18-9-14)22-5-2-12(10-22)11-23-6-4-19-21-23/h4,6-7,9,12,17H,1-3,5,8,10-11H2,(H,20,24). The summed E-state index contributed by atoms with van der Waals surface area (Å²) in [5, 5.41) is 14.1. The quantitative estimate of drug-likeness (QED) is 0.873. The van der Waals surface area contributed by atoms with E-state index in [2.05, 4.69) is 25.9 Å².